The minimum absolute atomic E-state index is 0.794. The number of hydrogen-bond donors (Lipinski definition) is 0. The number of hydrogen-bond acceptors (Lipinski definition) is 3. The van der Waals surface area contributed by atoms with E-state index in [4.69, 9.17) is 13.0 Å². The van der Waals surface area contributed by atoms with E-state index in [-0.39, 0.29) is 0 Å². The van der Waals surface area contributed by atoms with Crippen LogP contribution in [0.5, 0.6) is 0 Å². The van der Waals surface area contributed by atoms with E-state index in [0.717, 1.165) is 25.7 Å². The molecule has 0 aromatic carbocycles. The fourth-order valence-electron chi connectivity index (χ4n) is 2.06. The molecule has 6 heteroatoms. The van der Waals surface area contributed by atoms with E-state index in [1.54, 1.807) is 0 Å². The van der Waals surface area contributed by atoms with Crippen molar-refractivity contribution < 1.29 is 13.0 Å². The van der Waals surface area contributed by atoms with Crippen molar-refractivity contribution in [1.82, 2.24) is 0 Å². The Morgan fingerprint density at radius 1 is 0.778 bits per heavy atom. The zero-order valence-corrected chi connectivity index (χ0v) is 16.6. The van der Waals surface area contributed by atoms with Crippen LogP contribution in [-0.2, 0) is 13.0 Å². The average Bonchev–Trinajstić information content (AvgIpc) is 2.05. The third-order valence-corrected chi connectivity index (χ3v) is 11.8. The molecule has 0 aromatic rings. The first kappa shape index (κ1) is 18.5. The van der Waals surface area contributed by atoms with Crippen LogP contribution in [0.2, 0.25) is 51.9 Å². The van der Waals surface area contributed by atoms with Crippen LogP contribution in [0.15, 0.2) is 0 Å². The summed E-state index contributed by atoms with van der Waals surface area (Å²) in [6.45, 7) is 19.3. The summed E-state index contributed by atoms with van der Waals surface area (Å²) in [6, 6.07) is 1.04. The highest BCUT2D eigenvalue weighted by molar-refractivity contribution is 6.87. The Morgan fingerprint density at radius 2 is 1.22 bits per heavy atom. The minimum atomic E-state index is -2.03. The second-order valence-electron chi connectivity index (χ2n) is 6.86. The highest BCUT2D eigenvalue weighted by Gasteiger charge is 2.39. The zero-order valence-electron chi connectivity index (χ0n) is 13.6. The highest BCUT2D eigenvalue weighted by Crippen LogP contribution is 2.25. The molecule has 0 spiro atoms. The molecule has 0 N–H and O–H groups in total. The van der Waals surface area contributed by atoms with Gasteiger partial charge in [-0.3, -0.25) is 0 Å². The summed E-state index contributed by atoms with van der Waals surface area (Å²) >= 11 is 0. The lowest BCUT2D eigenvalue weighted by atomic mass is 10.5. The highest BCUT2D eigenvalue weighted by atomic mass is 28.5. The predicted molar refractivity (Wildman–Crippen MR) is 86.4 cm³/mol. The molecule has 0 saturated heterocycles. The Morgan fingerprint density at radius 3 is 1.56 bits per heavy atom. The van der Waals surface area contributed by atoms with Gasteiger partial charge in [0.25, 0.3) is 0 Å². The smallest absolute Gasteiger partial charge is 0.314 e. The lowest BCUT2D eigenvalue weighted by molar-refractivity contribution is 0.146. The SMILES string of the molecule is CCOCCC[Si](C)(O[Si](C)(C)C)O[Si](C)(C)C. The summed E-state index contributed by atoms with van der Waals surface area (Å²) in [4.78, 5) is 0. The largest absolute Gasteiger partial charge is 0.437 e. The van der Waals surface area contributed by atoms with Crippen molar-refractivity contribution in [3.05, 3.63) is 0 Å². The maximum Gasteiger partial charge on any atom is 0.314 e. The molecule has 0 unspecified atom stereocenters. The molecule has 0 saturated carbocycles. The molecule has 0 aliphatic heterocycles. The first-order valence-electron chi connectivity index (χ1n) is 6.95. The molecule has 110 valence electrons. The lowest BCUT2D eigenvalue weighted by Crippen LogP contribution is -2.52. The molecule has 0 aliphatic rings. The third-order valence-electron chi connectivity index (χ3n) is 2.17. The number of ether oxygens (including phenoxy) is 1. The molecule has 0 aromatic heterocycles. The van der Waals surface area contributed by atoms with E-state index in [1.807, 2.05) is 6.92 Å². The normalized spacial score (nSPS) is 14.0. The first-order chi connectivity index (χ1) is 7.97. The fourth-order valence-corrected chi connectivity index (χ4v) is 14.6. The van der Waals surface area contributed by atoms with Gasteiger partial charge in [-0.1, -0.05) is 0 Å². The molecule has 0 heterocycles. The van der Waals surface area contributed by atoms with Crippen LogP contribution in [0.1, 0.15) is 13.3 Å². The van der Waals surface area contributed by atoms with Crippen molar-refractivity contribution in [2.24, 2.45) is 0 Å². The topological polar surface area (TPSA) is 27.7 Å². The average molecular weight is 309 g/mol. The van der Waals surface area contributed by atoms with Crippen LogP contribution in [0.3, 0.4) is 0 Å². The van der Waals surface area contributed by atoms with E-state index >= 15 is 0 Å². The molecule has 3 nitrogen and oxygen atoms in total. The molecule has 0 aliphatic carbocycles. The van der Waals surface area contributed by atoms with Gasteiger partial charge in [-0.25, -0.2) is 0 Å². The zero-order chi connectivity index (χ0) is 14.4. The van der Waals surface area contributed by atoms with E-state index in [0.29, 0.717) is 0 Å². The summed E-state index contributed by atoms with van der Waals surface area (Å²) in [5.41, 5.74) is 0. The van der Waals surface area contributed by atoms with Gasteiger partial charge in [0, 0.05) is 13.2 Å². The van der Waals surface area contributed by atoms with Crippen LogP contribution in [0, 0.1) is 0 Å². The van der Waals surface area contributed by atoms with Crippen LogP contribution in [-0.4, -0.2) is 38.4 Å². The van der Waals surface area contributed by atoms with Gasteiger partial charge in [-0.2, -0.15) is 0 Å². The predicted octanol–water partition coefficient (Wildman–Crippen LogP) is 4.19. The molecule has 0 fully saturated rings. The Hall–Kier alpha value is 0.531. The van der Waals surface area contributed by atoms with Gasteiger partial charge in [0.2, 0.25) is 0 Å². The molecule has 0 amide bonds. The van der Waals surface area contributed by atoms with Crippen molar-refractivity contribution >= 4 is 25.2 Å². The Labute approximate surface area is 117 Å². The first-order valence-corrected chi connectivity index (χ1v) is 16.3. The summed E-state index contributed by atoms with van der Waals surface area (Å²) in [7, 11) is -5.11. The van der Waals surface area contributed by atoms with Crippen molar-refractivity contribution in [2.45, 2.75) is 65.2 Å². The fraction of sp³-hybridized carbons (Fsp3) is 1.00. The van der Waals surface area contributed by atoms with Crippen molar-refractivity contribution in [3.63, 3.8) is 0 Å². The quantitative estimate of drug-likeness (QED) is 0.472. The summed E-state index contributed by atoms with van der Waals surface area (Å²) < 4.78 is 18.3. The van der Waals surface area contributed by atoms with Crippen LogP contribution >= 0.6 is 0 Å². The number of rotatable bonds is 9. The van der Waals surface area contributed by atoms with Crippen LogP contribution in [0.4, 0.5) is 0 Å². The van der Waals surface area contributed by atoms with Crippen LogP contribution in [0.25, 0.3) is 0 Å². The minimum Gasteiger partial charge on any atom is -0.437 e. The molecule has 0 radical (unpaired) electrons. The molecule has 0 rings (SSSR count). The van der Waals surface area contributed by atoms with Gasteiger partial charge >= 0.3 is 8.56 Å². The van der Waals surface area contributed by atoms with E-state index in [9.17, 15) is 0 Å². The maximum atomic E-state index is 6.42. The maximum absolute atomic E-state index is 6.42. The summed E-state index contributed by atoms with van der Waals surface area (Å²) in [5.74, 6) is 0. The monoisotopic (exact) mass is 308 g/mol. The van der Waals surface area contributed by atoms with Crippen molar-refractivity contribution in [2.75, 3.05) is 13.2 Å². The summed E-state index contributed by atoms with van der Waals surface area (Å²) in [6.07, 6.45) is 1.05. The van der Waals surface area contributed by atoms with E-state index < -0.39 is 25.2 Å². The van der Waals surface area contributed by atoms with Gasteiger partial charge in [-0.15, -0.1) is 0 Å². The molecule has 0 bridgehead atoms. The van der Waals surface area contributed by atoms with Gasteiger partial charge in [-0.05, 0) is 65.2 Å². The van der Waals surface area contributed by atoms with Gasteiger partial charge in [0.15, 0.2) is 16.6 Å². The lowest BCUT2D eigenvalue weighted by Gasteiger charge is -2.38. The molecular weight excluding hydrogens is 276 g/mol. The Balaban J connectivity index is 4.50. The molecular formula is C12H32O3Si3. The van der Waals surface area contributed by atoms with Gasteiger partial charge in [0.05, 0.1) is 0 Å². The van der Waals surface area contributed by atoms with Gasteiger partial charge < -0.3 is 13.0 Å². The Kier molecular flexibility index (Phi) is 7.57. The Bertz CT molecular complexity index is 218. The van der Waals surface area contributed by atoms with Crippen molar-refractivity contribution in [3.8, 4) is 0 Å². The van der Waals surface area contributed by atoms with E-state index in [1.165, 1.54) is 0 Å². The molecule has 18 heavy (non-hydrogen) atoms. The third kappa shape index (κ3) is 10.5. The van der Waals surface area contributed by atoms with Crippen molar-refractivity contribution in [1.29, 1.82) is 0 Å². The standard InChI is InChI=1S/C12H32O3Si3/c1-9-13-11-10-12-18(8,14-16(2,3)4)15-17(5,6)7/h9-12H2,1-8H3. The van der Waals surface area contributed by atoms with E-state index in [2.05, 4.69) is 45.8 Å². The van der Waals surface area contributed by atoms with Crippen LogP contribution < -0.4 is 0 Å². The molecule has 0 atom stereocenters. The van der Waals surface area contributed by atoms with Gasteiger partial charge in [0.1, 0.15) is 0 Å². The second-order valence-corrected chi connectivity index (χ2v) is 19.7. The summed E-state index contributed by atoms with van der Waals surface area (Å²) in [5, 5.41) is 0. The second kappa shape index (κ2) is 7.35.